The summed E-state index contributed by atoms with van der Waals surface area (Å²) in [4.78, 5) is 0. The summed E-state index contributed by atoms with van der Waals surface area (Å²) in [6.07, 6.45) is 7.50. The van der Waals surface area contributed by atoms with Gasteiger partial charge in [-0.1, -0.05) is 25.0 Å². The minimum atomic E-state index is 0.0927. The lowest BCUT2D eigenvalue weighted by molar-refractivity contribution is 0.164. The van der Waals surface area contributed by atoms with E-state index < -0.39 is 0 Å². The van der Waals surface area contributed by atoms with Gasteiger partial charge in [-0.3, -0.25) is 0 Å². The van der Waals surface area contributed by atoms with Crippen LogP contribution >= 0.6 is 0 Å². The molecular formula is C15H19N3O. The zero-order valence-corrected chi connectivity index (χ0v) is 11.0. The molecule has 1 aliphatic carbocycles. The van der Waals surface area contributed by atoms with Crippen LogP contribution in [0.25, 0.3) is 10.9 Å². The summed E-state index contributed by atoms with van der Waals surface area (Å²) < 4.78 is 6.13. The predicted molar refractivity (Wildman–Crippen MR) is 75.0 cm³/mol. The lowest BCUT2D eigenvalue weighted by Gasteiger charge is -2.23. The number of benzene rings is 1. The summed E-state index contributed by atoms with van der Waals surface area (Å²) in [5.41, 5.74) is 7.07. The van der Waals surface area contributed by atoms with Crippen LogP contribution in [-0.2, 0) is 0 Å². The number of aromatic nitrogens is 2. The Morgan fingerprint density at radius 3 is 2.89 bits per heavy atom. The van der Waals surface area contributed by atoms with Gasteiger partial charge in [-0.05, 0) is 31.4 Å². The highest BCUT2D eigenvalue weighted by Gasteiger charge is 2.22. The third kappa shape index (κ3) is 2.68. The van der Waals surface area contributed by atoms with Crippen molar-refractivity contribution in [2.75, 3.05) is 0 Å². The maximum absolute atomic E-state index is 6.21. The number of hydrogen-bond donors (Lipinski definition) is 1. The van der Waals surface area contributed by atoms with Crippen LogP contribution in [0.1, 0.15) is 32.1 Å². The van der Waals surface area contributed by atoms with E-state index in [1.807, 2.05) is 24.3 Å². The van der Waals surface area contributed by atoms with Gasteiger partial charge in [0.15, 0.2) is 0 Å². The smallest absolute Gasteiger partial charge is 0.149 e. The van der Waals surface area contributed by atoms with E-state index in [1.54, 1.807) is 6.20 Å². The first kappa shape index (κ1) is 12.4. The van der Waals surface area contributed by atoms with E-state index in [4.69, 9.17) is 10.5 Å². The highest BCUT2D eigenvalue weighted by atomic mass is 16.5. The van der Waals surface area contributed by atoms with Crippen molar-refractivity contribution in [3.05, 3.63) is 30.5 Å². The van der Waals surface area contributed by atoms with E-state index in [1.165, 1.54) is 19.3 Å². The average Bonchev–Trinajstić information content (AvgIpc) is 2.65. The minimum absolute atomic E-state index is 0.0927. The van der Waals surface area contributed by atoms with E-state index in [0.29, 0.717) is 0 Å². The van der Waals surface area contributed by atoms with Crippen LogP contribution in [0.5, 0.6) is 5.75 Å². The second-order valence-electron chi connectivity index (χ2n) is 5.18. The van der Waals surface area contributed by atoms with Gasteiger partial charge in [0.2, 0.25) is 0 Å². The van der Waals surface area contributed by atoms with Crippen LogP contribution in [0, 0.1) is 0 Å². The van der Waals surface area contributed by atoms with Gasteiger partial charge in [0.25, 0.3) is 0 Å². The second kappa shape index (κ2) is 5.53. The van der Waals surface area contributed by atoms with Gasteiger partial charge in [0.1, 0.15) is 11.9 Å². The molecule has 0 saturated heterocycles. The van der Waals surface area contributed by atoms with Crippen LogP contribution in [-0.4, -0.2) is 22.3 Å². The van der Waals surface area contributed by atoms with Crippen LogP contribution in [0.2, 0.25) is 0 Å². The zero-order chi connectivity index (χ0) is 13.1. The summed E-state index contributed by atoms with van der Waals surface area (Å²) in [5, 5.41) is 9.13. The molecule has 100 valence electrons. The molecule has 1 aliphatic rings. The van der Waals surface area contributed by atoms with Gasteiger partial charge in [0.05, 0.1) is 11.7 Å². The summed E-state index contributed by atoms with van der Waals surface area (Å²) in [5.74, 6) is 0.799. The molecule has 1 aromatic heterocycles. The number of rotatable bonds is 2. The Bertz CT molecular complexity index is 553. The molecular weight excluding hydrogens is 238 g/mol. The lowest BCUT2D eigenvalue weighted by atomic mass is 10.1. The first-order valence-electron chi connectivity index (χ1n) is 6.97. The molecule has 2 aromatic rings. The largest absolute Gasteiger partial charge is 0.486 e. The van der Waals surface area contributed by atoms with Crippen molar-refractivity contribution in [2.45, 2.75) is 44.2 Å². The van der Waals surface area contributed by atoms with Gasteiger partial charge in [-0.15, -0.1) is 0 Å². The lowest BCUT2D eigenvalue weighted by Crippen LogP contribution is -2.37. The zero-order valence-electron chi connectivity index (χ0n) is 11.0. The third-order valence-electron chi connectivity index (χ3n) is 3.79. The van der Waals surface area contributed by atoms with Gasteiger partial charge in [-0.25, -0.2) is 0 Å². The number of nitrogens with two attached hydrogens (primary N) is 1. The van der Waals surface area contributed by atoms with Crippen LogP contribution in [0.3, 0.4) is 0 Å². The summed E-state index contributed by atoms with van der Waals surface area (Å²) in [6.45, 7) is 0. The van der Waals surface area contributed by atoms with E-state index in [-0.39, 0.29) is 12.1 Å². The van der Waals surface area contributed by atoms with Crippen molar-refractivity contribution in [3.63, 3.8) is 0 Å². The Balaban J connectivity index is 1.88. The standard InChI is InChI=1S/C15H19N3O/c16-12-7-2-1-3-9-14(12)19-15-10-17-18-13-8-5-4-6-11(13)15/h4-6,8,10,12,14H,1-3,7,9,16H2. The van der Waals surface area contributed by atoms with Crippen molar-refractivity contribution in [2.24, 2.45) is 5.73 Å². The Kier molecular flexibility index (Phi) is 3.60. The molecule has 3 rings (SSSR count). The molecule has 1 fully saturated rings. The number of hydrogen-bond acceptors (Lipinski definition) is 4. The molecule has 19 heavy (non-hydrogen) atoms. The first-order chi connectivity index (χ1) is 9.34. The summed E-state index contributed by atoms with van der Waals surface area (Å²) in [6, 6.07) is 8.03. The molecule has 0 radical (unpaired) electrons. The molecule has 2 atom stereocenters. The molecule has 2 N–H and O–H groups in total. The maximum atomic E-state index is 6.21. The Morgan fingerprint density at radius 1 is 1.11 bits per heavy atom. The molecule has 4 heteroatoms. The fourth-order valence-corrected chi connectivity index (χ4v) is 2.69. The summed E-state index contributed by atoms with van der Waals surface area (Å²) in [7, 11) is 0. The van der Waals surface area contributed by atoms with E-state index in [0.717, 1.165) is 29.5 Å². The fourth-order valence-electron chi connectivity index (χ4n) is 2.69. The van der Waals surface area contributed by atoms with Crippen molar-refractivity contribution in [3.8, 4) is 5.75 Å². The first-order valence-corrected chi connectivity index (χ1v) is 6.97. The Labute approximate surface area is 113 Å². The van der Waals surface area contributed by atoms with Gasteiger partial charge in [0, 0.05) is 11.4 Å². The highest BCUT2D eigenvalue weighted by molar-refractivity contribution is 5.83. The Hall–Kier alpha value is -1.68. The van der Waals surface area contributed by atoms with E-state index in [2.05, 4.69) is 10.2 Å². The minimum Gasteiger partial charge on any atom is -0.486 e. The molecule has 1 aromatic carbocycles. The molecule has 2 unspecified atom stereocenters. The molecule has 4 nitrogen and oxygen atoms in total. The second-order valence-corrected chi connectivity index (χ2v) is 5.18. The van der Waals surface area contributed by atoms with Crippen molar-refractivity contribution < 1.29 is 4.74 Å². The molecule has 1 saturated carbocycles. The van der Waals surface area contributed by atoms with Gasteiger partial charge >= 0.3 is 0 Å². The van der Waals surface area contributed by atoms with Crippen LogP contribution in [0.4, 0.5) is 0 Å². The maximum Gasteiger partial charge on any atom is 0.149 e. The number of fused-ring (bicyclic) bond motifs is 1. The van der Waals surface area contributed by atoms with Crippen molar-refractivity contribution in [1.82, 2.24) is 10.2 Å². The Morgan fingerprint density at radius 2 is 1.95 bits per heavy atom. The van der Waals surface area contributed by atoms with Crippen LogP contribution < -0.4 is 10.5 Å². The highest BCUT2D eigenvalue weighted by Crippen LogP contribution is 2.27. The van der Waals surface area contributed by atoms with Crippen LogP contribution in [0.15, 0.2) is 30.5 Å². The molecule has 0 amide bonds. The van der Waals surface area contributed by atoms with Gasteiger partial charge in [-0.2, -0.15) is 10.2 Å². The molecule has 1 heterocycles. The SMILES string of the molecule is NC1CCCCCC1Oc1cnnc2ccccc12. The molecule has 0 spiro atoms. The predicted octanol–water partition coefficient (Wildman–Crippen LogP) is 2.67. The average molecular weight is 257 g/mol. The van der Waals surface area contributed by atoms with Gasteiger partial charge < -0.3 is 10.5 Å². The number of ether oxygens (including phenoxy) is 1. The third-order valence-corrected chi connectivity index (χ3v) is 3.79. The number of nitrogens with zero attached hydrogens (tertiary/aromatic N) is 2. The fraction of sp³-hybridized carbons (Fsp3) is 0.467. The van der Waals surface area contributed by atoms with E-state index >= 15 is 0 Å². The van der Waals surface area contributed by atoms with E-state index in [9.17, 15) is 0 Å². The van der Waals surface area contributed by atoms with Crippen molar-refractivity contribution >= 4 is 10.9 Å². The topological polar surface area (TPSA) is 61.0 Å². The monoisotopic (exact) mass is 257 g/mol. The molecule has 0 bridgehead atoms. The van der Waals surface area contributed by atoms with Crippen molar-refractivity contribution in [1.29, 1.82) is 0 Å². The quantitative estimate of drug-likeness (QED) is 0.840. The summed E-state index contributed by atoms with van der Waals surface area (Å²) >= 11 is 0. The normalized spacial score (nSPS) is 24.1. The molecule has 0 aliphatic heterocycles.